The first-order chi connectivity index (χ1) is 5.33. The summed E-state index contributed by atoms with van der Waals surface area (Å²) in [5.74, 6) is -0.162. The first kappa shape index (κ1) is 8.25. The lowest BCUT2D eigenvalue weighted by atomic mass is 10.1. The number of unbranched alkanes of at least 4 members (excludes halogenated alkanes) is 1. The van der Waals surface area contributed by atoms with Crippen LogP contribution in [-0.2, 0) is 6.42 Å². The molecule has 0 amide bonds. The molecule has 0 nitrogen and oxygen atoms in total. The Kier molecular flexibility index (Phi) is 3.09. The maximum absolute atomic E-state index is 12.4. The summed E-state index contributed by atoms with van der Waals surface area (Å²) in [6, 6.07) is 6.64. The summed E-state index contributed by atoms with van der Waals surface area (Å²) in [5.41, 5.74) is 1.17. The molecule has 0 atom stereocenters. The number of hydrogen-bond donors (Lipinski definition) is 0. The summed E-state index contributed by atoms with van der Waals surface area (Å²) in [6.45, 7) is 2.10. The third-order valence-corrected chi connectivity index (χ3v) is 1.58. The zero-order valence-corrected chi connectivity index (χ0v) is 6.68. The lowest BCUT2D eigenvalue weighted by Crippen LogP contribution is -1.84. The van der Waals surface area contributed by atoms with Gasteiger partial charge in [-0.05, 0) is 30.5 Å². The SMILES string of the molecule is CC[CH]Cc1ccc(F)cc1. The first-order valence-corrected chi connectivity index (χ1v) is 3.89. The molecule has 1 heteroatoms. The van der Waals surface area contributed by atoms with Crippen LogP contribution in [0, 0.1) is 12.2 Å². The predicted octanol–water partition coefficient (Wildman–Crippen LogP) is 2.98. The van der Waals surface area contributed by atoms with E-state index in [1.165, 1.54) is 17.7 Å². The van der Waals surface area contributed by atoms with E-state index >= 15 is 0 Å². The van der Waals surface area contributed by atoms with Gasteiger partial charge in [0, 0.05) is 0 Å². The zero-order chi connectivity index (χ0) is 8.10. The normalized spacial score (nSPS) is 10.0. The van der Waals surface area contributed by atoms with E-state index in [1.54, 1.807) is 0 Å². The Morgan fingerprint density at radius 3 is 2.45 bits per heavy atom. The Balaban J connectivity index is 2.52. The lowest BCUT2D eigenvalue weighted by molar-refractivity contribution is 0.627. The van der Waals surface area contributed by atoms with Gasteiger partial charge in [-0.25, -0.2) is 4.39 Å². The number of hydrogen-bond acceptors (Lipinski definition) is 0. The summed E-state index contributed by atoms with van der Waals surface area (Å²) >= 11 is 0. The lowest BCUT2D eigenvalue weighted by Gasteiger charge is -1.97. The predicted molar refractivity (Wildman–Crippen MR) is 44.7 cm³/mol. The van der Waals surface area contributed by atoms with Gasteiger partial charge >= 0.3 is 0 Å². The molecule has 0 aliphatic heterocycles. The van der Waals surface area contributed by atoms with Gasteiger partial charge in [-0.1, -0.05) is 25.5 Å². The molecule has 0 spiro atoms. The molecule has 1 aromatic carbocycles. The van der Waals surface area contributed by atoms with Crippen LogP contribution in [0.3, 0.4) is 0 Å². The van der Waals surface area contributed by atoms with Crippen LogP contribution in [0.1, 0.15) is 18.9 Å². The van der Waals surface area contributed by atoms with Crippen molar-refractivity contribution in [3.05, 3.63) is 42.1 Å². The zero-order valence-electron chi connectivity index (χ0n) is 6.68. The summed E-state index contributed by atoms with van der Waals surface area (Å²) in [4.78, 5) is 0. The second kappa shape index (κ2) is 4.12. The van der Waals surface area contributed by atoms with Crippen LogP contribution < -0.4 is 0 Å². The minimum atomic E-state index is -0.162. The molecule has 0 saturated carbocycles. The third-order valence-electron chi connectivity index (χ3n) is 1.58. The molecule has 0 saturated heterocycles. The van der Waals surface area contributed by atoms with E-state index in [4.69, 9.17) is 0 Å². The number of benzene rings is 1. The molecule has 0 aromatic heterocycles. The Labute approximate surface area is 67.1 Å². The fourth-order valence-corrected chi connectivity index (χ4v) is 0.931. The highest BCUT2D eigenvalue weighted by Crippen LogP contribution is 2.05. The Morgan fingerprint density at radius 1 is 1.27 bits per heavy atom. The highest BCUT2D eigenvalue weighted by molar-refractivity contribution is 5.17. The van der Waals surface area contributed by atoms with Crippen LogP contribution in [0.5, 0.6) is 0 Å². The van der Waals surface area contributed by atoms with Gasteiger partial charge in [0.25, 0.3) is 0 Å². The summed E-state index contributed by atoms with van der Waals surface area (Å²) in [5, 5.41) is 0. The minimum Gasteiger partial charge on any atom is -0.207 e. The molecule has 0 aliphatic rings. The van der Waals surface area contributed by atoms with E-state index in [0.29, 0.717) is 0 Å². The molecule has 1 radical (unpaired) electrons. The number of halogens is 1. The van der Waals surface area contributed by atoms with E-state index in [-0.39, 0.29) is 5.82 Å². The number of rotatable bonds is 3. The molecule has 1 rings (SSSR count). The van der Waals surface area contributed by atoms with E-state index in [2.05, 4.69) is 13.3 Å². The van der Waals surface area contributed by atoms with E-state index in [1.807, 2.05) is 12.1 Å². The minimum absolute atomic E-state index is 0.162. The molecule has 0 N–H and O–H groups in total. The van der Waals surface area contributed by atoms with Crippen molar-refractivity contribution in [2.75, 3.05) is 0 Å². The van der Waals surface area contributed by atoms with Crippen LogP contribution in [0.2, 0.25) is 0 Å². The van der Waals surface area contributed by atoms with Gasteiger partial charge in [0.05, 0.1) is 0 Å². The third kappa shape index (κ3) is 2.71. The quantitative estimate of drug-likeness (QED) is 0.623. The van der Waals surface area contributed by atoms with E-state index in [9.17, 15) is 4.39 Å². The van der Waals surface area contributed by atoms with Crippen LogP contribution >= 0.6 is 0 Å². The van der Waals surface area contributed by atoms with Crippen molar-refractivity contribution in [2.45, 2.75) is 19.8 Å². The monoisotopic (exact) mass is 151 g/mol. The molecule has 0 unspecified atom stereocenters. The fourth-order valence-electron chi connectivity index (χ4n) is 0.931. The van der Waals surface area contributed by atoms with Crippen molar-refractivity contribution in [3.8, 4) is 0 Å². The van der Waals surface area contributed by atoms with Crippen molar-refractivity contribution >= 4 is 0 Å². The summed E-state index contributed by atoms with van der Waals surface area (Å²) < 4.78 is 12.4. The second-order valence-corrected chi connectivity index (χ2v) is 2.53. The fraction of sp³-hybridized carbons (Fsp3) is 0.300. The molecule has 59 valence electrons. The molecule has 11 heavy (non-hydrogen) atoms. The van der Waals surface area contributed by atoms with Gasteiger partial charge in [0.2, 0.25) is 0 Å². The molecule has 1 aromatic rings. The van der Waals surface area contributed by atoms with Gasteiger partial charge in [-0.15, -0.1) is 0 Å². The molecular weight excluding hydrogens is 139 g/mol. The van der Waals surface area contributed by atoms with E-state index < -0.39 is 0 Å². The smallest absolute Gasteiger partial charge is 0.123 e. The van der Waals surface area contributed by atoms with Gasteiger partial charge in [0.15, 0.2) is 0 Å². The van der Waals surface area contributed by atoms with Crippen LogP contribution in [0.25, 0.3) is 0 Å². The molecular formula is C10H12F. The van der Waals surface area contributed by atoms with Gasteiger partial charge in [-0.3, -0.25) is 0 Å². The van der Waals surface area contributed by atoms with Crippen LogP contribution in [-0.4, -0.2) is 0 Å². The van der Waals surface area contributed by atoms with Crippen LogP contribution in [0.15, 0.2) is 24.3 Å². The maximum Gasteiger partial charge on any atom is 0.123 e. The average molecular weight is 151 g/mol. The Morgan fingerprint density at radius 2 is 1.91 bits per heavy atom. The van der Waals surface area contributed by atoms with Gasteiger partial charge in [-0.2, -0.15) is 0 Å². The largest absolute Gasteiger partial charge is 0.207 e. The summed E-state index contributed by atoms with van der Waals surface area (Å²) in [7, 11) is 0. The van der Waals surface area contributed by atoms with Crippen LogP contribution in [0.4, 0.5) is 4.39 Å². The topological polar surface area (TPSA) is 0 Å². The van der Waals surface area contributed by atoms with Gasteiger partial charge in [0.1, 0.15) is 5.82 Å². The Bertz CT molecular complexity index is 201. The average Bonchev–Trinajstić information content (AvgIpc) is 2.04. The van der Waals surface area contributed by atoms with Crippen molar-refractivity contribution in [1.82, 2.24) is 0 Å². The molecule has 0 aliphatic carbocycles. The summed E-state index contributed by atoms with van der Waals surface area (Å²) in [6.07, 6.45) is 4.18. The highest BCUT2D eigenvalue weighted by atomic mass is 19.1. The first-order valence-electron chi connectivity index (χ1n) is 3.89. The maximum atomic E-state index is 12.4. The van der Waals surface area contributed by atoms with Crippen molar-refractivity contribution in [1.29, 1.82) is 0 Å². The molecule has 0 bridgehead atoms. The highest BCUT2D eigenvalue weighted by Gasteiger charge is 1.92. The van der Waals surface area contributed by atoms with Crippen molar-refractivity contribution in [3.63, 3.8) is 0 Å². The Hall–Kier alpha value is -0.850. The van der Waals surface area contributed by atoms with E-state index in [0.717, 1.165) is 12.8 Å². The standard InChI is InChI=1S/C10H12F/c1-2-3-4-9-5-7-10(11)8-6-9/h3,5-8H,2,4H2,1H3. The second-order valence-electron chi connectivity index (χ2n) is 2.53. The molecule has 0 fully saturated rings. The van der Waals surface area contributed by atoms with Crippen molar-refractivity contribution < 1.29 is 4.39 Å². The van der Waals surface area contributed by atoms with Crippen molar-refractivity contribution in [2.24, 2.45) is 0 Å². The molecule has 0 heterocycles. The van der Waals surface area contributed by atoms with Gasteiger partial charge < -0.3 is 0 Å².